The molecule has 1 aromatic carbocycles. The van der Waals surface area contributed by atoms with Gasteiger partial charge in [-0.25, -0.2) is 5.06 Å². The lowest BCUT2D eigenvalue weighted by atomic mass is 10.2. The fourth-order valence-corrected chi connectivity index (χ4v) is 1.91. The summed E-state index contributed by atoms with van der Waals surface area (Å²) in [5.74, 6) is -0.208. The molecule has 19 heavy (non-hydrogen) atoms. The number of hydrogen-bond acceptors (Lipinski definition) is 3. The van der Waals surface area contributed by atoms with Gasteiger partial charge in [-0.2, -0.15) is 4.89 Å². The number of rotatable bonds is 7. The van der Waals surface area contributed by atoms with Gasteiger partial charge in [0, 0.05) is 13.3 Å². The molecule has 0 aliphatic rings. The molecule has 1 atom stereocenters. The highest BCUT2D eigenvalue weighted by Crippen LogP contribution is 2.14. The summed E-state index contributed by atoms with van der Waals surface area (Å²) in [4.78, 5) is 25.5. The lowest BCUT2D eigenvalue weighted by Gasteiger charge is -2.19. The molecule has 1 aromatic rings. The third-order valence-corrected chi connectivity index (χ3v) is 3.27. The molecule has 0 spiro atoms. The second kappa shape index (κ2) is 8.00. The van der Waals surface area contributed by atoms with Crippen LogP contribution in [-0.2, 0) is 20.8 Å². The van der Waals surface area contributed by atoms with Gasteiger partial charge in [0.25, 0.3) is 0 Å². The molecule has 0 aliphatic carbocycles. The molecular weight excluding hydrogens is 265 g/mol. The highest BCUT2D eigenvalue weighted by molar-refractivity contribution is 7.37. The molecule has 1 amide bonds. The van der Waals surface area contributed by atoms with E-state index < -0.39 is 8.03 Å². The van der Waals surface area contributed by atoms with Gasteiger partial charge in [0.1, 0.15) is 6.61 Å². The Hall–Kier alpha value is -1.29. The zero-order chi connectivity index (χ0) is 14.3. The van der Waals surface area contributed by atoms with Crippen LogP contribution in [-0.4, -0.2) is 28.6 Å². The number of carbonyl (C=O) groups excluding carboxylic acids is 1. The van der Waals surface area contributed by atoms with Gasteiger partial charge in [0.05, 0.1) is 6.54 Å². The van der Waals surface area contributed by atoms with Gasteiger partial charge in [-0.1, -0.05) is 29.8 Å². The number of nitrogens with zero attached hydrogens (tertiary/aromatic N) is 1. The predicted octanol–water partition coefficient (Wildman–Crippen LogP) is 2.40. The maximum Gasteiger partial charge on any atom is 0.505 e. The molecule has 1 N–H and O–H groups in total. The molecule has 1 unspecified atom stereocenters. The predicted molar refractivity (Wildman–Crippen MR) is 72.7 cm³/mol. The number of hydrogen-bond donors (Lipinski definition) is 1. The number of carbonyl (C=O) groups is 1. The van der Waals surface area contributed by atoms with E-state index in [1.165, 1.54) is 17.6 Å². The zero-order valence-electron chi connectivity index (χ0n) is 11.2. The topological polar surface area (TPSA) is 66.8 Å². The van der Waals surface area contributed by atoms with Crippen LogP contribution >= 0.6 is 8.03 Å². The van der Waals surface area contributed by atoms with Crippen molar-refractivity contribution >= 4 is 13.9 Å². The molecule has 0 aromatic heterocycles. The first-order valence-corrected chi connectivity index (χ1v) is 7.49. The second-order valence-corrected chi connectivity index (χ2v) is 5.46. The summed E-state index contributed by atoms with van der Waals surface area (Å²) < 4.78 is 10.6. The number of aryl methyl sites for hydroxylation is 1. The van der Waals surface area contributed by atoms with Gasteiger partial charge in [0.2, 0.25) is 5.91 Å². The van der Waals surface area contributed by atoms with Crippen molar-refractivity contribution < 1.29 is 19.1 Å². The quantitative estimate of drug-likeness (QED) is 0.616. The molecule has 0 fully saturated rings. The SMILES string of the molecule is CC(=O)N(CCC[P+](=O)O)OCc1ccc(C)cc1. The van der Waals surface area contributed by atoms with Crippen molar-refractivity contribution in [2.75, 3.05) is 12.7 Å². The van der Waals surface area contributed by atoms with Crippen molar-refractivity contribution in [3.63, 3.8) is 0 Å². The van der Waals surface area contributed by atoms with E-state index in [2.05, 4.69) is 0 Å². The van der Waals surface area contributed by atoms with Crippen LogP contribution in [0, 0.1) is 6.92 Å². The first-order valence-electron chi connectivity index (χ1n) is 6.09. The molecule has 104 valence electrons. The number of benzene rings is 1. The summed E-state index contributed by atoms with van der Waals surface area (Å²) in [5, 5.41) is 1.23. The first-order chi connectivity index (χ1) is 8.99. The Morgan fingerprint density at radius 2 is 2.00 bits per heavy atom. The Kier molecular flexibility index (Phi) is 6.64. The van der Waals surface area contributed by atoms with Crippen LogP contribution in [0.1, 0.15) is 24.5 Å². The van der Waals surface area contributed by atoms with Crippen LogP contribution < -0.4 is 0 Å². The van der Waals surface area contributed by atoms with Crippen LogP contribution in [0.2, 0.25) is 0 Å². The van der Waals surface area contributed by atoms with Gasteiger partial charge in [0.15, 0.2) is 6.16 Å². The summed E-state index contributed by atoms with van der Waals surface area (Å²) >= 11 is 0. The molecule has 1 rings (SSSR count). The van der Waals surface area contributed by atoms with E-state index in [4.69, 9.17) is 9.73 Å². The minimum absolute atomic E-state index is 0.174. The van der Waals surface area contributed by atoms with E-state index in [0.717, 1.165) is 5.56 Å². The van der Waals surface area contributed by atoms with E-state index in [0.29, 0.717) is 19.6 Å². The summed E-state index contributed by atoms with van der Waals surface area (Å²) in [6.45, 7) is 4.05. The first kappa shape index (κ1) is 15.8. The summed E-state index contributed by atoms with van der Waals surface area (Å²) in [6, 6.07) is 7.84. The Balaban J connectivity index is 2.43. The standard InChI is InChI=1S/C13H18NO4P/c1-11-4-6-13(7-5-11)10-18-14(12(2)15)8-3-9-19(16)17/h4-7H,3,8-10H2,1-2H3/p+1. The molecule has 0 heterocycles. The van der Waals surface area contributed by atoms with E-state index in [9.17, 15) is 9.36 Å². The van der Waals surface area contributed by atoms with Gasteiger partial charge >= 0.3 is 8.03 Å². The van der Waals surface area contributed by atoms with E-state index in [1.807, 2.05) is 31.2 Å². The lowest BCUT2D eigenvalue weighted by molar-refractivity contribution is -0.189. The fraction of sp³-hybridized carbons (Fsp3) is 0.462. The number of amides is 1. The van der Waals surface area contributed by atoms with Crippen LogP contribution in [0.4, 0.5) is 0 Å². The van der Waals surface area contributed by atoms with Crippen LogP contribution in [0.15, 0.2) is 24.3 Å². The largest absolute Gasteiger partial charge is 0.505 e. The third kappa shape index (κ3) is 6.43. The van der Waals surface area contributed by atoms with Crippen molar-refractivity contribution in [2.45, 2.75) is 26.9 Å². The van der Waals surface area contributed by atoms with Crippen LogP contribution in [0.3, 0.4) is 0 Å². The average Bonchev–Trinajstić information content (AvgIpc) is 2.34. The van der Waals surface area contributed by atoms with Gasteiger partial charge < -0.3 is 0 Å². The van der Waals surface area contributed by atoms with Gasteiger partial charge in [-0.15, -0.1) is 0 Å². The van der Waals surface area contributed by atoms with E-state index >= 15 is 0 Å². The highest BCUT2D eigenvalue weighted by Gasteiger charge is 2.14. The minimum Gasteiger partial charge on any atom is -0.273 e. The van der Waals surface area contributed by atoms with E-state index in [-0.39, 0.29) is 12.1 Å². The van der Waals surface area contributed by atoms with Crippen molar-refractivity contribution in [1.82, 2.24) is 5.06 Å². The summed E-state index contributed by atoms with van der Waals surface area (Å²) in [5.41, 5.74) is 2.14. The van der Waals surface area contributed by atoms with Crippen molar-refractivity contribution in [2.24, 2.45) is 0 Å². The Bertz CT molecular complexity index is 433. The minimum atomic E-state index is -2.15. The van der Waals surface area contributed by atoms with Gasteiger partial charge in [-0.3, -0.25) is 9.63 Å². The highest BCUT2D eigenvalue weighted by atomic mass is 31.1. The maximum absolute atomic E-state index is 11.4. The Morgan fingerprint density at radius 1 is 1.37 bits per heavy atom. The zero-order valence-corrected chi connectivity index (χ0v) is 12.1. The Morgan fingerprint density at radius 3 is 2.53 bits per heavy atom. The van der Waals surface area contributed by atoms with Crippen LogP contribution in [0.5, 0.6) is 0 Å². The maximum atomic E-state index is 11.4. The third-order valence-electron chi connectivity index (χ3n) is 2.57. The molecular formula is C13H19NO4P+. The average molecular weight is 284 g/mol. The van der Waals surface area contributed by atoms with Crippen molar-refractivity contribution in [3.8, 4) is 0 Å². The van der Waals surface area contributed by atoms with Gasteiger partial charge in [-0.05, 0) is 17.1 Å². The molecule has 0 saturated heterocycles. The monoisotopic (exact) mass is 284 g/mol. The fourth-order valence-electron chi connectivity index (χ4n) is 1.50. The molecule has 0 saturated carbocycles. The molecule has 0 aliphatic heterocycles. The molecule has 0 radical (unpaired) electrons. The number of hydroxylamine groups is 2. The van der Waals surface area contributed by atoms with E-state index in [1.54, 1.807) is 0 Å². The molecule has 5 nitrogen and oxygen atoms in total. The van der Waals surface area contributed by atoms with Crippen molar-refractivity contribution in [1.29, 1.82) is 0 Å². The van der Waals surface area contributed by atoms with Crippen molar-refractivity contribution in [3.05, 3.63) is 35.4 Å². The molecule has 6 heteroatoms. The second-order valence-electron chi connectivity index (χ2n) is 4.31. The summed E-state index contributed by atoms with van der Waals surface area (Å²) in [6.07, 6.45) is 0.617. The lowest BCUT2D eigenvalue weighted by Crippen LogP contribution is -2.30. The normalized spacial score (nSPS) is 11.2. The molecule has 0 bridgehead atoms. The smallest absolute Gasteiger partial charge is 0.273 e. The Labute approximate surface area is 114 Å². The summed E-state index contributed by atoms with van der Waals surface area (Å²) in [7, 11) is -2.15. The van der Waals surface area contributed by atoms with Crippen LogP contribution in [0.25, 0.3) is 0 Å².